The van der Waals surface area contributed by atoms with E-state index in [0.29, 0.717) is 18.6 Å². The fourth-order valence-corrected chi connectivity index (χ4v) is 22.7. The molecule has 13 rings (SSSR count). The van der Waals surface area contributed by atoms with Crippen LogP contribution in [0.25, 0.3) is 27.5 Å². The van der Waals surface area contributed by atoms with Gasteiger partial charge in [0.25, 0.3) is 0 Å². The third-order valence-electron chi connectivity index (χ3n) is 12.8. The summed E-state index contributed by atoms with van der Waals surface area (Å²) in [4.78, 5) is 0. The first-order valence-electron chi connectivity index (χ1n) is 16.5. The van der Waals surface area contributed by atoms with Gasteiger partial charge in [0.15, 0.2) is 0 Å². The molecule has 47 heavy (non-hydrogen) atoms. The second-order valence-electron chi connectivity index (χ2n) is 14.1. The van der Waals surface area contributed by atoms with Gasteiger partial charge in [-0.15, -0.1) is 0 Å². The van der Waals surface area contributed by atoms with Crippen LogP contribution in [0.3, 0.4) is 0 Å². The fourth-order valence-electron chi connectivity index (χ4n) is 10.9. The molecule has 0 spiro atoms. The summed E-state index contributed by atoms with van der Waals surface area (Å²) in [5.74, 6) is 0. The second kappa shape index (κ2) is 8.48. The van der Waals surface area contributed by atoms with E-state index in [4.69, 9.17) is 2.92 Å². The van der Waals surface area contributed by atoms with Crippen molar-refractivity contribution in [3.05, 3.63) is 162 Å². The molecule has 1 aromatic heterocycles. The molecular formula is C37H23B5FIN2P-. The number of hydrogen-bond acceptors (Lipinski definition) is 1. The van der Waals surface area contributed by atoms with E-state index in [0.717, 1.165) is 0 Å². The standard InChI is InChI=1S/C37H23B5FIN2P/c43-44-45-47(40-38-41(47)42(40)47)33-23-11-19-29-35(33)39-30-20-9-17-27-26-16-7-8-21-31(26)46(36(27)30)32-22-10-18-28(34(32)39)37(29,24-12-3-1-4-13-24)25-14-5-2-6-15-25/h1-23H/q-1. The summed E-state index contributed by atoms with van der Waals surface area (Å²) >= 11 is -1.68. The maximum absolute atomic E-state index is 14.7. The van der Waals surface area contributed by atoms with Crippen molar-refractivity contribution >= 4 is 104 Å². The van der Waals surface area contributed by atoms with Crippen molar-refractivity contribution in [2.75, 3.05) is 0 Å². The molecule has 6 aromatic carbocycles. The first-order chi connectivity index (χ1) is 23.3. The predicted molar refractivity (Wildman–Crippen MR) is 211 cm³/mol. The van der Waals surface area contributed by atoms with Gasteiger partial charge in [-0.2, -0.15) is 0 Å². The maximum atomic E-state index is 14.7. The zero-order valence-corrected chi connectivity index (χ0v) is 28.3. The molecule has 7 heterocycles. The minimum atomic E-state index is -2.66. The molecule has 0 N–H and O–H groups in total. The van der Waals surface area contributed by atoms with E-state index in [1.165, 1.54) is 71.4 Å². The molecule has 0 atom stereocenters. The predicted octanol–water partition coefficient (Wildman–Crippen LogP) is 6.31. The SMILES string of the molecule is FI=NP12(c3cccc4c3B3c5c(cccc5C4(c4ccccc4)c4ccccc4)-n4c5ccccc5c5cccc3c54)B3[B-]B1B32. The zero-order valence-electron chi connectivity index (χ0n) is 25.3. The molecule has 6 aliphatic rings. The normalized spacial score (nSPS) is 20.1. The Bertz CT molecular complexity index is 2530. The van der Waals surface area contributed by atoms with Crippen molar-refractivity contribution in [1.29, 1.82) is 0 Å². The van der Waals surface area contributed by atoms with E-state index in [9.17, 15) is 2.86 Å². The summed E-state index contributed by atoms with van der Waals surface area (Å²) in [6.45, 7) is 0.0409. The van der Waals surface area contributed by atoms with Crippen molar-refractivity contribution < 1.29 is 2.86 Å². The van der Waals surface area contributed by atoms with Crippen molar-refractivity contribution in [3.63, 3.8) is 0 Å². The van der Waals surface area contributed by atoms with Gasteiger partial charge in [0, 0.05) is 0 Å². The molecule has 6 aliphatic heterocycles. The molecule has 10 heteroatoms. The summed E-state index contributed by atoms with van der Waals surface area (Å²) in [5, 5.41) is 4.00. The summed E-state index contributed by atoms with van der Waals surface area (Å²) in [6, 6.07) is 52.1. The van der Waals surface area contributed by atoms with Gasteiger partial charge >= 0.3 is 287 Å². The van der Waals surface area contributed by atoms with E-state index < -0.39 is 33.4 Å². The van der Waals surface area contributed by atoms with Gasteiger partial charge in [-0.3, -0.25) is 0 Å². The van der Waals surface area contributed by atoms with Crippen LogP contribution in [0, 0.1) is 0 Å². The van der Waals surface area contributed by atoms with E-state index >= 15 is 0 Å². The number of halogens is 2. The molecular weight excluding hydrogens is 703 g/mol. The van der Waals surface area contributed by atoms with Crippen LogP contribution in [0.15, 0.2) is 142 Å². The Morgan fingerprint density at radius 1 is 0.660 bits per heavy atom. The van der Waals surface area contributed by atoms with Gasteiger partial charge < -0.3 is 0 Å². The molecule has 4 saturated heterocycles. The molecule has 2 bridgehead atoms. The number of aromatic nitrogens is 1. The second-order valence-corrected chi connectivity index (χ2v) is 20.7. The number of hydrogen-bond donors (Lipinski definition) is 0. The van der Waals surface area contributed by atoms with Gasteiger partial charge in [0.2, 0.25) is 0 Å². The summed E-state index contributed by atoms with van der Waals surface area (Å²) < 4.78 is 22.5. The number of para-hydroxylation sites is 2. The molecule has 0 amide bonds. The zero-order chi connectivity index (χ0) is 30.7. The van der Waals surface area contributed by atoms with Gasteiger partial charge in [0.1, 0.15) is 0 Å². The van der Waals surface area contributed by atoms with Crippen molar-refractivity contribution in [2.45, 2.75) is 5.41 Å². The Kier molecular flexibility index (Phi) is 4.75. The number of benzene rings is 6. The van der Waals surface area contributed by atoms with E-state index in [1.54, 1.807) is 0 Å². The Morgan fingerprint density at radius 2 is 1.28 bits per heavy atom. The van der Waals surface area contributed by atoms with Crippen LogP contribution in [0.4, 0.5) is 2.86 Å². The van der Waals surface area contributed by atoms with Gasteiger partial charge in [0.05, 0.1) is 0 Å². The quantitative estimate of drug-likeness (QED) is 0.115. The first-order valence-corrected chi connectivity index (χ1v) is 20.7. The van der Waals surface area contributed by atoms with Crippen LogP contribution < -0.4 is 21.7 Å². The monoisotopic (exact) mass is 727 g/mol. The average Bonchev–Trinajstić information content (AvgIpc) is 3.71. The minimum absolute atomic E-state index is 0.0409. The average molecular weight is 727 g/mol. The number of fused-ring (bicyclic) bond motifs is 7. The van der Waals surface area contributed by atoms with Crippen LogP contribution in [0.5, 0.6) is 0 Å². The number of rotatable bonds is 4. The van der Waals surface area contributed by atoms with Crippen molar-refractivity contribution in [2.24, 2.45) is 2.92 Å². The fraction of sp³-hybridized carbons (Fsp3) is 0.0270. The molecule has 0 saturated carbocycles. The Hall–Kier alpha value is -3.67. The van der Waals surface area contributed by atoms with Gasteiger partial charge in [-0.25, -0.2) is 0 Å². The molecule has 216 valence electrons. The van der Waals surface area contributed by atoms with Gasteiger partial charge in [-0.05, 0) is 0 Å². The van der Waals surface area contributed by atoms with Gasteiger partial charge in [-0.1, -0.05) is 0 Å². The summed E-state index contributed by atoms with van der Waals surface area (Å²) in [5.41, 5.74) is 12.6. The van der Waals surface area contributed by atoms with E-state index in [2.05, 4.69) is 151 Å². The van der Waals surface area contributed by atoms with E-state index in [1.807, 2.05) is 0 Å². The Labute approximate surface area is 285 Å². The summed E-state index contributed by atoms with van der Waals surface area (Å²) in [6.07, 6.45) is -1.08. The topological polar surface area (TPSA) is 17.3 Å². The third kappa shape index (κ3) is 2.61. The molecule has 2 radical (unpaired) electrons. The molecule has 7 aromatic rings. The third-order valence-corrected chi connectivity index (χ3v) is 22.7. The van der Waals surface area contributed by atoms with Crippen LogP contribution in [0.1, 0.15) is 22.3 Å². The van der Waals surface area contributed by atoms with Crippen LogP contribution in [-0.4, -0.2) is 37.0 Å². The molecule has 0 aliphatic carbocycles. The molecule has 2 nitrogen and oxygen atoms in total. The summed E-state index contributed by atoms with van der Waals surface area (Å²) in [7, 11) is 2.49. The molecule has 4 fully saturated rings. The Balaban J connectivity index is 1.33. The van der Waals surface area contributed by atoms with Crippen molar-refractivity contribution in [1.82, 2.24) is 4.57 Å². The molecule has 0 unspecified atom stereocenters. The van der Waals surface area contributed by atoms with Crippen LogP contribution in [-0.2, 0) is 5.41 Å². The van der Waals surface area contributed by atoms with Crippen LogP contribution in [0.2, 0.25) is 0 Å². The Morgan fingerprint density at radius 3 is 1.96 bits per heavy atom. The van der Waals surface area contributed by atoms with E-state index in [-0.39, 0.29) is 6.71 Å². The van der Waals surface area contributed by atoms with Crippen molar-refractivity contribution in [3.8, 4) is 5.69 Å². The number of nitrogens with zero attached hydrogens (tertiary/aromatic N) is 2. The van der Waals surface area contributed by atoms with Crippen LogP contribution >= 0.6 is 28.0 Å². The first kappa shape index (κ1) is 26.3.